The largest absolute Gasteiger partial charge is 0.493 e. The van der Waals surface area contributed by atoms with Crippen molar-refractivity contribution in [3.05, 3.63) is 63.9 Å². The average Bonchev–Trinajstić information content (AvgIpc) is 2.96. The highest BCUT2D eigenvalue weighted by Gasteiger charge is 2.23. The van der Waals surface area contributed by atoms with E-state index in [1.165, 1.54) is 11.6 Å². The number of fused-ring (bicyclic) bond motifs is 1. The molecule has 1 aliphatic heterocycles. The highest BCUT2D eigenvalue weighted by Crippen LogP contribution is 2.35. The van der Waals surface area contributed by atoms with Crippen LogP contribution in [-0.4, -0.2) is 13.7 Å². The molecule has 1 atom stereocenters. The van der Waals surface area contributed by atoms with E-state index in [0.29, 0.717) is 23.6 Å². The summed E-state index contributed by atoms with van der Waals surface area (Å²) < 4.78 is 19.7. The SMILES string of the molecule is CNC(Cc1c(F)cccc1Cl)c1cccc2c1OCC2. The van der Waals surface area contributed by atoms with Crippen molar-refractivity contribution in [3.63, 3.8) is 0 Å². The van der Waals surface area contributed by atoms with E-state index in [1.807, 2.05) is 19.2 Å². The minimum absolute atomic E-state index is 0.0348. The number of benzene rings is 2. The van der Waals surface area contributed by atoms with Gasteiger partial charge < -0.3 is 10.1 Å². The summed E-state index contributed by atoms with van der Waals surface area (Å²) in [5.41, 5.74) is 2.81. The van der Waals surface area contributed by atoms with E-state index < -0.39 is 0 Å². The maximum atomic E-state index is 14.0. The first-order valence-electron chi connectivity index (χ1n) is 7.05. The Morgan fingerprint density at radius 3 is 2.86 bits per heavy atom. The summed E-state index contributed by atoms with van der Waals surface area (Å²) in [4.78, 5) is 0. The van der Waals surface area contributed by atoms with Crippen LogP contribution >= 0.6 is 11.6 Å². The monoisotopic (exact) mass is 305 g/mol. The van der Waals surface area contributed by atoms with E-state index in [4.69, 9.17) is 16.3 Å². The third kappa shape index (κ3) is 2.76. The Morgan fingerprint density at radius 2 is 2.10 bits per heavy atom. The molecule has 2 aromatic carbocycles. The van der Waals surface area contributed by atoms with Crippen molar-refractivity contribution in [2.45, 2.75) is 18.9 Å². The number of para-hydroxylation sites is 1. The van der Waals surface area contributed by atoms with Crippen LogP contribution in [0.5, 0.6) is 5.75 Å². The molecule has 0 aliphatic carbocycles. The van der Waals surface area contributed by atoms with Crippen LogP contribution < -0.4 is 10.1 Å². The molecule has 0 bridgehead atoms. The van der Waals surface area contributed by atoms with Crippen molar-refractivity contribution in [1.29, 1.82) is 0 Å². The van der Waals surface area contributed by atoms with Gasteiger partial charge >= 0.3 is 0 Å². The Bertz CT molecular complexity index is 639. The zero-order valence-electron chi connectivity index (χ0n) is 11.8. The van der Waals surface area contributed by atoms with E-state index in [9.17, 15) is 4.39 Å². The van der Waals surface area contributed by atoms with Gasteiger partial charge in [0.2, 0.25) is 0 Å². The van der Waals surface area contributed by atoms with Crippen LogP contribution in [0.25, 0.3) is 0 Å². The number of halogens is 2. The maximum absolute atomic E-state index is 14.0. The summed E-state index contributed by atoms with van der Waals surface area (Å²) >= 11 is 6.14. The van der Waals surface area contributed by atoms with Crippen LogP contribution in [0.1, 0.15) is 22.7 Å². The van der Waals surface area contributed by atoms with Gasteiger partial charge in [-0.1, -0.05) is 35.9 Å². The standard InChI is InChI=1S/C17H17ClFNO/c1-20-16(10-13-14(18)6-3-7-15(13)19)12-5-2-4-11-8-9-21-17(11)12/h2-7,16,20H,8-10H2,1H3. The maximum Gasteiger partial charge on any atom is 0.127 e. The van der Waals surface area contributed by atoms with Gasteiger partial charge in [0, 0.05) is 28.6 Å². The van der Waals surface area contributed by atoms with Crippen molar-refractivity contribution in [3.8, 4) is 5.75 Å². The second-order valence-corrected chi connectivity index (χ2v) is 5.59. The molecule has 0 amide bonds. The molecule has 1 heterocycles. The van der Waals surface area contributed by atoms with Crippen LogP contribution in [0.2, 0.25) is 5.02 Å². The van der Waals surface area contributed by atoms with Crippen molar-refractivity contribution in [2.24, 2.45) is 0 Å². The van der Waals surface area contributed by atoms with Crippen LogP contribution in [0.3, 0.4) is 0 Å². The summed E-state index contributed by atoms with van der Waals surface area (Å²) in [6, 6.07) is 10.9. The summed E-state index contributed by atoms with van der Waals surface area (Å²) in [6.07, 6.45) is 1.42. The summed E-state index contributed by atoms with van der Waals surface area (Å²) in [7, 11) is 1.87. The van der Waals surface area contributed by atoms with Crippen LogP contribution in [0, 0.1) is 5.82 Å². The van der Waals surface area contributed by atoms with Gasteiger partial charge in [-0.15, -0.1) is 0 Å². The average molecular weight is 306 g/mol. The zero-order chi connectivity index (χ0) is 14.8. The second-order valence-electron chi connectivity index (χ2n) is 5.18. The molecule has 110 valence electrons. The van der Waals surface area contributed by atoms with Gasteiger partial charge in [-0.3, -0.25) is 0 Å². The Balaban J connectivity index is 1.95. The highest BCUT2D eigenvalue weighted by atomic mass is 35.5. The van der Waals surface area contributed by atoms with Gasteiger partial charge in [0.15, 0.2) is 0 Å². The molecule has 2 aromatic rings. The molecule has 0 aromatic heterocycles. The van der Waals surface area contributed by atoms with Gasteiger partial charge in [0.05, 0.1) is 6.61 Å². The third-order valence-corrected chi connectivity index (χ3v) is 4.29. The Labute approximate surface area is 128 Å². The molecule has 0 fully saturated rings. The van der Waals surface area contributed by atoms with Crippen LogP contribution in [-0.2, 0) is 12.8 Å². The molecule has 1 aliphatic rings. The fourth-order valence-corrected chi connectivity index (χ4v) is 3.05. The van der Waals surface area contributed by atoms with Crippen LogP contribution in [0.4, 0.5) is 4.39 Å². The minimum Gasteiger partial charge on any atom is -0.493 e. The van der Waals surface area contributed by atoms with Crippen molar-refractivity contribution >= 4 is 11.6 Å². The number of hydrogen-bond donors (Lipinski definition) is 1. The number of rotatable bonds is 4. The van der Waals surface area contributed by atoms with Gasteiger partial charge in [-0.2, -0.15) is 0 Å². The van der Waals surface area contributed by atoms with E-state index in [-0.39, 0.29) is 11.9 Å². The number of ether oxygens (including phenoxy) is 1. The zero-order valence-corrected chi connectivity index (χ0v) is 12.6. The predicted molar refractivity (Wildman–Crippen MR) is 82.6 cm³/mol. The van der Waals surface area contributed by atoms with Crippen molar-refractivity contribution < 1.29 is 9.13 Å². The molecule has 0 spiro atoms. The lowest BCUT2D eigenvalue weighted by Gasteiger charge is -2.20. The third-order valence-electron chi connectivity index (χ3n) is 3.94. The predicted octanol–water partition coefficient (Wildman–Crippen LogP) is 3.92. The molecule has 1 unspecified atom stereocenters. The normalized spacial score (nSPS) is 14.6. The molecule has 4 heteroatoms. The van der Waals surface area contributed by atoms with Gasteiger partial charge in [-0.25, -0.2) is 4.39 Å². The Kier molecular flexibility index (Phi) is 4.13. The minimum atomic E-state index is -0.267. The van der Waals surface area contributed by atoms with E-state index in [0.717, 1.165) is 17.7 Å². The number of nitrogens with one attached hydrogen (secondary N) is 1. The Hall–Kier alpha value is -1.58. The molecule has 0 saturated carbocycles. The second kappa shape index (κ2) is 6.04. The highest BCUT2D eigenvalue weighted by molar-refractivity contribution is 6.31. The summed E-state index contributed by atoms with van der Waals surface area (Å²) in [5, 5.41) is 3.71. The summed E-state index contributed by atoms with van der Waals surface area (Å²) in [5.74, 6) is 0.667. The molecule has 1 N–H and O–H groups in total. The van der Waals surface area contributed by atoms with Gasteiger partial charge in [0.25, 0.3) is 0 Å². The lowest BCUT2D eigenvalue weighted by molar-refractivity contribution is 0.349. The molecule has 0 radical (unpaired) electrons. The van der Waals surface area contributed by atoms with Crippen molar-refractivity contribution in [1.82, 2.24) is 5.32 Å². The van der Waals surface area contributed by atoms with Crippen molar-refractivity contribution in [2.75, 3.05) is 13.7 Å². The first-order chi connectivity index (χ1) is 10.2. The van der Waals surface area contributed by atoms with E-state index >= 15 is 0 Å². The number of hydrogen-bond acceptors (Lipinski definition) is 2. The fourth-order valence-electron chi connectivity index (χ4n) is 2.81. The number of likely N-dealkylation sites (N-methyl/N-ethyl adjacent to an activating group) is 1. The fraction of sp³-hybridized carbons (Fsp3) is 0.294. The molecular weight excluding hydrogens is 289 g/mol. The molecule has 3 rings (SSSR count). The lowest BCUT2D eigenvalue weighted by atomic mass is 9.96. The van der Waals surface area contributed by atoms with Gasteiger partial charge in [0.1, 0.15) is 11.6 Å². The van der Waals surface area contributed by atoms with E-state index in [1.54, 1.807) is 12.1 Å². The lowest BCUT2D eigenvalue weighted by Crippen LogP contribution is -2.20. The summed E-state index contributed by atoms with van der Waals surface area (Å²) in [6.45, 7) is 0.712. The van der Waals surface area contributed by atoms with E-state index in [2.05, 4.69) is 11.4 Å². The van der Waals surface area contributed by atoms with Gasteiger partial charge in [-0.05, 0) is 31.2 Å². The Morgan fingerprint density at radius 1 is 1.29 bits per heavy atom. The first kappa shape index (κ1) is 14.4. The topological polar surface area (TPSA) is 21.3 Å². The van der Waals surface area contributed by atoms with Crippen LogP contribution in [0.15, 0.2) is 36.4 Å². The smallest absolute Gasteiger partial charge is 0.127 e. The quantitative estimate of drug-likeness (QED) is 0.924. The molecule has 2 nitrogen and oxygen atoms in total. The molecular formula is C17H17ClFNO. The molecule has 21 heavy (non-hydrogen) atoms. The first-order valence-corrected chi connectivity index (χ1v) is 7.43. The molecule has 0 saturated heterocycles.